The van der Waals surface area contributed by atoms with Gasteiger partial charge in [0.1, 0.15) is 11.3 Å². The van der Waals surface area contributed by atoms with Gasteiger partial charge in [-0.2, -0.15) is 0 Å². The Morgan fingerprint density at radius 1 is 1.17 bits per heavy atom. The molecule has 1 aromatic heterocycles. The molecule has 0 atom stereocenters. The molecule has 2 aliphatic rings. The van der Waals surface area contributed by atoms with Gasteiger partial charge in [-0.1, -0.05) is 30.3 Å². The number of hydrogen-bond acceptors (Lipinski definition) is 6. The molecule has 0 saturated carbocycles. The molecule has 1 saturated heterocycles. The van der Waals surface area contributed by atoms with E-state index in [0.717, 1.165) is 11.6 Å². The van der Waals surface area contributed by atoms with Crippen LogP contribution in [0, 0.1) is 5.41 Å². The highest BCUT2D eigenvalue weighted by Crippen LogP contribution is 2.31. The van der Waals surface area contributed by atoms with Crippen LogP contribution in [0.2, 0.25) is 0 Å². The molecule has 0 radical (unpaired) electrons. The Morgan fingerprint density at radius 3 is 2.53 bits per heavy atom. The number of pyridine rings is 1. The van der Waals surface area contributed by atoms with E-state index in [1.54, 1.807) is 4.90 Å². The van der Waals surface area contributed by atoms with Crippen molar-refractivity contribution in [2.45, 2.75) is 19.4 Å². The van der Waals surface area contributed by atoms with Gasteiger partial charge in [0.15, 0.2) is 0 Å². The third-order valence-corrected chi connectivity index (χ3v) is 6.05. The molecule has 2 N–H and O–H groups in total. The number of rotatable bonds is 4. The molecular formula is C22H25N3O5. The predicted molar refractivity (Wildman–Crippen MR) is 109 cm³/mol. The highest BCUT2D eigenvalue weighted by atomic mass is 16.5. The Balaban J connectivity index is 1.59. The van der Waals surface area contributed by atoms with E-state index in [-0.39, 0.29) is 30.2 Å². The number of aromatic hydroxyl groups is 1. The molecule has 0 unspecified atom stereocenters. The van der Waals surface area contributed by atoms with Gasteiger partial charge >= 0.3 is 5.97 Å². The van der Waals surface area contributed by atoms with Crippen LogP contribution in [0.4, 0.5) is 0 Å². The van der Waals surface area contributed by atoms with Crippen molar-refractivity contribution in [2.75, 3.05) is 33.3 Å². The first-order chi connectivity index (χ1) is 14.4. The molecule has 2 aromatic rings. The van der Waals surface area contributed by atoms with Gasteiger partial charge in [0.2, 0.25) is 5.91 Å². The molecule has 1 amide bonds. The lowest BCUT2D eigenvalue weighted by Crippen LogP contribution is -2.63. The van der Waals surface area contributed by atoms with Crippen LogP contribution in [-0.2, 0) is 28.9 Å². The zero-order chi connectivity index (χ0) is 21.3. The summed E-state index contributed by atoms with van der Waals surface area (Å²) in [4.78, 5) is 39.9. The summed E-state index contributed by atoms with van der Waals surface area (Å²) >= 11 is 0. The number of ether oxygens (including phenoxy) is 1. The fraction of sp³-hybridized carbons (Fsp3) is 0.409. The largest absolute Gasteiger partial charge is 0.507 e. The number of nitrogens with zero attached hydrogens (tertiary/aromatic N) is 2. The van der Waals surface area contributed by atoms with Crippen molar-refractivity contribution >= 4 is 11.9 Å². The zero-order valence-corrected chi connectivity index (χ0v) is 16.9. The van der Waals surface area contributed by atoms with Crippen LogP contribution in [0.1, 0.15) is 21.6 Å². The second kappa shape index (κ2) is 7.95. The van der Waals surface area contributed by atoms with Gasteiger partial charge in [-0.3, -0.25) is 9.59 Å². The van der Waals surface area contributed by atoms with Crippen molar-refractivity contribution in [1.29, 1.82) is 0 Å². The van der Waals surface area contributed by atoms with Crippen molar-refractivity contribution in [2.24, 2.45) is 5.41 Å². The molecule has 0 aliphatic carbocycles. The quantitative estimate of drug-likeness (QED) is 0.713. The maximum Gasteiger partial charge on any atom is 0.343 e. The van der Waals surface area contributed by atoms with Gasteiger partial charge in [0, 0.05) is 50.9 Å². The molecule has 0 spiro atoms. The van der Waals surface area contributed by atoms with Gasteiger partial charge in [-0.05, 0) is 12.0 Å². The Kier molecular flexibility index (Phi) is 5.34. The molecule has 8 nitrogen and oxygen atoms in total. The fourth-order valence-corrected chi connectivity index (χ4v) is 4.39. The summed E-state index contributed by atoms with van der Waals surface area (Å²) in [6.45, 7) is 2.21. The number of amides is 1. The van der Waals surface area contributed by atoms with Gasteiger partial charge in [-0.25, -0.2) is 4.79 Å². The summed E-state index contributed by atoms with van der Waals surface area (Å²) in [5.74, 6) is -1.03. The number of carbonyl (C=O) groups is 2. The fourth-order valence-electron chi connectivity index (χ4n) is 4.39. The van der Waals surface area contributed by atoms with Crippen LogP contribution in [0.25, 0.3) is 0 Å². The highest BCUT2D eigenvalue weighted by molar-refractivity contribution is 5.93. The smallest absolute Gasteiger partial charge is 0.343 e. The normalized spacial score (nSPS) is 17.4. The van der Waals surface area contributed by atoms with Crippen molar-refractivity contribution in [3.05, 3.63) is 63.6 Å². The predicted octanol–water partition coefficient (Wildman–Crippen LogP) is 0.557. The molecule has 3 heterocycles. The molecule has 2 aliphatic heterocycles. The molecule has 4 rings (SSSR count). The van der Waals surface area contributed by atoms with Crippen LogP contribution >= 0.6 is 0 Å². The minimum atomic E-state index is -0.695. The van der Waals surface area contributed by atoms with E-state index in [0.29, 0.717) is 38.3 Å². The standard InChI is InChI=1S/C22H25N3O5/c1-30-20(28)19-16-7-8-24(9-10-25(16)18(27)11-17(19)26)21(29)22(13-23-14-22)12-15-5-3-2-4-6-15/h2-6,11,23,26H,7-10,12-14H2,1H3. The molecule has 1 fully saturated rings. The topological polar surface area (TPSA) is 101 Å². The van der Waals surface area contributed by atoms with E-state index in [9.17, 15) is 19.5 Å². The van der Waals surface area contributed by atoms with Crippen molar-refractivity contribution in [1.82, 2.24) is 14.8 Å². The lowest BCUT2D eigenvalue weighted by Gasteiger charge is -2.44. The van der Waals surface area contributed by atoms with E-state index in [1.165, 1.54) is 11.7 Å². The van der Waals surface area contributed by atoms with Crippen LogP contribution in [0.5, 0.6) is 5.75 Å². The van der Waals surface area contributed by atoms with Gasteiger partial charge < -0.3 is 24.6 Å². The van der Waals surface area contributed by atoms with Crippen LogP contribution in [0.15, 0.2) is 41.2 Å². The molecule has 1 aromatic carbocycles. The molecule has 0 bridgehead atoms. The number of hydrogen-bond donors (Lipinski definition) is 2. The van der Waals surface area contributed by atoms with Crippen LogP contribution < -0.4 is 10.9 Å². The first-order valence-corrected chi connectivity index (χ1v) is 10.0. The second-order valence-electron chi connectivity index (χ2n) is 7.92. The first kappa shape index (κ1) is 20.2. The van der Waals surface area contributed by atoms with Crippen LogP contribution in [0.3, 0.4) is 0 Å². The number of nitrogens with one attached hydrogen (secondary N) is 1. The van der Waals surface area contributed by atoms with Gasteiger partial charge in [-0.15, -0.1) is 0 Å². The second-order valence-corrected chi connectivity index (χ2v) is 7.92. The lowest BCUT2D eigenvalue weighted by molar-refractivity contribution is -0.145. The number of esters is 1. The van der Waals surface area contributed by atoms with Crippen molar-refractivity contribution in [3.8, 4) is 5.75 Å². The average molecular weight is 411 g/mol. The Morgan fingerprint density at radius 2 is 1.90 bits per heavy atom. The van der Waals surface area contributed by atoms with Crippen LogP contribution in [-0.4, -0.2) is 59.7 Å². The summed E-state index contributed by atoms with van der Waals surface area (Å²) in [5, 5.41) is 13.4. The number of aromatic nitrogens is 1. The molecule has 30 heavy (non-hydrogen) atoms. The Hall–Kier alpha value is -3.13. The summed E-state index contributed by atoms with van der Waals surface area (Å²) in [6.07, 6.45) is 0.936. The monoisotopic (exact) mass is 411 g/mol. The van der Waals surface area contributed by atoms with Gasteiger partial charge in [0.05, 0.1) is 12.5 Å². The Bertz CT molecular complexity index is 1030. The van der Waals surface area contributed by atoms with E-state index in [2.05, 4.69) is 5.32 Å². The lowest BCUT2D eigenvalue weighted by atomic mass is 9.75. The maximum atomic E-state index is 13.5. The molecule has 158 valence electrons. The van der Waals surface area contributed by atoms with Crippen molar-refractivity contribution in [3.63, 3.8) is 0 Å². The molecular weight excluding hydrogens is 386 g/mol. The minimum absolute atomic E-state index is 0.00397. The summed E-state index contributed by atoms with van der Waals surface area (Å²) in [6, 6.07) is 11.0. The van der Waals surface area contributed by atoms with Crippen molar-refractivity contribution < 1.29 is 19.4 Å². The minimum Gasteiger partial charge on any atom is -0.507 e. The first-order valence-electron chi connectivity index (χ1n) is 10.0. The number of carbonyl (C=O) groups excluding carboxylic acids is 2. The number of benzene rings is 1. The maximum absolute atomic E-state index is 13.5. The third kappa shape index (κ3) is 3.47. The highest BCUT2D eigenvalue weighted by Gasteiger charge is 2.46. The van der Waals surface area contributed by atoms with E-state index >= 15 is 0 Å². The summed E-state index contributed by atoms with van der Waals surface area (Å²) < 4.78 is 6.24. The van der Waals surface area contributed by atoms with Gasteiger partial charge in [0.25, 0.3) is 5.56 Å². The Labute approximate surface area is 174 Å². The summed E-state index contributed by atoms with van der Waals surface area (Å²) in [5.41, 5.74) is 0.617. The number of fused-ring (bicyclic) bond motifs is 1. The average Bonchev–Trinajstić information content (AvgIpc) is 2.94. The number of methoxy groups -OCH3 is 1. The third-order valence-electron chi connectivity index (χ3n) is 6.05. The summed E-state index contributed by atoms with van der Waals surface area (Å²) in [7, 11) is 1.23. The zero-order valence-electron chi connectivity index (χ0n) is 16.9. The van der Waals surface area contributed by atoms with E-state index in [1.807, 2.05) is 30.3 Å². The molecule has 8 heteroatoms. The van der Waals surface area contributed by atoms with E-state index < -0.39 is 16.9 Å². The SMILES string of the molecule is COC(=O)c1c(O)cc(=O)n2c1CCN(C(=O)C1(Cc3ccccc3)CNC1)CC2. The van der Waals surface area contributed by atoms with E-state index in [4.69, 9.17) is 4.74 Å².